The van der Waals surface area contributed by atoms with Crippen molar-refractivity contribution in [1.82, 2.24) is 14.6 Å². The van der Waals surface area contributed by atoms with E-state index in [1.54, 1.807) is 4.52 Å². The van der Waals surface area contributed by atoms with Gasteiger partial charge < -0.3 is 23.8 Å². The summed E-state index contributed by atoms with van der Waals surface area (Å²) in [4.78, 5) is 20.7. The van der Waals surface area contributed by atoms with Crippen LogP contribution in [0.3, 0.4) is 0 Å². The number of rotatable bonds is 12. The maximum atomic E-state index is 13.5. The minimum atomic E-state index is -1.11. The van der Waals surface area contributed by atoms with E-state index in [2.05, 4.69) is 36.6 Å². The summed E-state index contributed by atoms with van der Waals surface area (Å²) in [6.45, 7) is 16.1. The van der Waals surface area contributed by atoms with Crippen LogP contribution in [-0.2, 0) is 14.3 Å². The van der Waals surface area contributed by atoms with Crippen molar-refractivity contribution in [2.24, 2.45) is 0 Å². The van der Waals surface area contributed by atoms with Crippen molar-refractivity contribution in [1.29, 1.82) is 0 Å². The lowest BCUT2D eigenvalue weighted by Gasteiger charge is -2.32. The van der Waals surface area contributed by atoms with Crippen LogP contribution < -0.4 is 14.4 Å². The zero-order valence-corrected chi connectivity index (χ0v) is 30.9. The Morgan fingerprint density at radius 3 is 2.61 bits per heavy atom. The van der Waals surface area contributed by atoms with Gasteiger partial charge in [-0.2, -0.15) is 5.10 Å². The smallest absolute Gasteiger partial charge is 0.339 e. The van der Waals surface area contributed by atoms with Crippen LogP contribution in [0.1, 0.15) is 57.9 Å². The van der Waals surface area contributed by atoms with Crippen LogP contribution in [0.2, 0.25) is 5.02 Å². The number of esters is 1. The molecule has 0 unspecified atom stereocenters. The van der Waals surface area contributed by atoms with Gasteiger partial charge in [-0.1, -0.05) is 54.1 Å². The molecule has 0 saturated carbocycles. The number of nitrogens with zero attached hydrogens (tertiary/aromatic N) is 4. The molecule has 6 rings (SSSR count). The van der Waals surface area contributed by atoms with Crippen molar-refractivity contribution in [2.45, 2.75) is 59.2 Å². The highest BCUT2D eigenvalue weighted by atomic mass is 35.5. The Kier molecular flexibility index (Phi) is 10.7. The molecule has 3 heterocycles. The molecule has 0 N–H and O–H groups in total. The topological polar surface area (TPSA) is 87.4 Å². The number of methoxy groups -OCH3 is 1. The van der Waals surface area contributed by atoms with E-state index in [1.807, 2.05) is 82.3 Å². The number of likely N-dealkylation sites (N-methyl/N-ethyl adjacent to an activating group) is 1. The summed E-state index contributed by atoms with van der Waals surface area (Å²) in [6, 6.07) is 22.0. The second-order valence-corrected chi connectivity index (χ2v) is 13.8. The highest BCUT2D eigenvalue weighted by Gasteiger charge is 2.35. The van der Waals surface area contributed by atoms with E-state index in [0.29, 0.717) is 64.4 Å². The quantitative estimate of drug-likeness (QED) is 0.0720. The predicted octanol–water partition coefficient (Wildman–Crippen LogP) is 9.29. The maximum Gasteiger partial charge on any atom is 0.339 e. The number of aryl methyl sites for hydroxylation is 1. The second kappa shape index (κ2) is 15.2. The first kappa shape index (κ1) is 35.9. The lowest BCUT2D eigenvalue weighted by Crippen LogP contribution is -2.33. The van der Waals surface area contributed by atoms with Crippen molar-refractivity contribution in [3.05, 3.63) is 95.7 Å². The van der Waals surface area contributed by atoms with Crippen LogP contribution in [0.15, 0.2) is 79.4 Å². The van der Waals surface area contributed by atoms with Crippen LogP contribution >= 0.6 is 11.6 Å². The molecule has 0 aliphatic carbocycles. The first-order chi connectivity index (χ1) is 24.5. The van der Waals surface area contributed by atoms with Crippen molar-refractivity contribution in [3.8, 4) is 45.1 Å². The van der Waals surface area contributed by atoms with Crippen LogP contribution in [0.5, 0.6) is 11.5 Å². The van der Waals surface area contributed by atoms with E-state index >= 15 is 0 Å². The molecule has 1 atom stereocenters. The summed E-state index contributed by atoms with van der Waals surface area (Å²) in [5, 5.41) is 5.64. The zero-order valence-electron chi connectivity index (χ0n) is 30.2. The molecular formula is C41H45ClN4O5. The lowest BCUT2D eigenvalue weighted by atomic mass is 9.97. The summed E-state index contributed by atoms with van der Waals surface area (Å²) in [5.74, 6) is 0.977. The first-order valence-corrected chi connectivity index (χ1v) is 17.7. The Balaban J connectivity index is 1.55. The van der Waals surface area contributed by atoms with Gasteiger partial charge in [0, 0.05) is 40.6 Å². The summed E-state index contributed by atoms with van der Waals surface area (Å²) >= 11 is 7.33. The fraction of sp³-hybridized carbons (Fsp3) is 0.341. The molecule has 0 bridgehead atoms. The molecule has 266 valence electrons. The number of anilines is 1. The monoisotopic (exact) mass is 708 g/mol. The molecule has 0 radical (unpaired) electrons. The summed E-state index contributed by atoms with van der Waals surface area (Å²) in [6.07, 6.45) is 2.59. The van der Waals surface area contributed by atoms with Gasteiger partial charge in [-0.3, -0.25) is 0 Å². The zero-order chi connectivity index (χ0) is 36.3. The largest absolute Gasteiger partial charge is 0.493 e. The average Bonchev–Trinajstić information content (AvgIpc) is 3.55. The number of unbranched alkanes of at least 4 members (excludes halogenated alkanes) is 1. The van der Waals surface area contributed by atoms with Gasteiger partial charge in [0.15, 0.2) is 11.8 Å². The minimum absolute atomic E-state index is 0.491. The Morgan fingerprint density at radius 2 is 1.86 bits per heavy atom. The number of allylic oxidation sites excluding steroid dienone is 1. The number of ether oxygens (including phenoxy) is 4. The average molecular weight is 709 g/mol. The van der Waals surface area contributed by atoms with Crippen LogP contribution in [0.4, 0.5) is 5.69 Å². The SMILES string of the molecule is C=CCCCOc1ccccc1-c1cccc(-c2cc3nc(C)c([C@H](OC(C)(C)C)C(=O)OC)c(-c4ccc5c(c4Cl)N(CC)CCO5)n3n2)c1. The normalized spacial score (nSPS) is 13.4. The van der Waals surface area contributed by atoms with Gasteiger partial charge in [-0.25, -0.2) is 14.3 Å². The van der Waals surface area contributed by atoms with Crippen LogP contribution in [0, 0.1) is 6.92 Å². The molecular weight excluding hydrogens is 664 g/mol. The predicted molar refractivity (Wildman–Crippen MR) is 203 cm³/mol. The number of aromatic nitrogens is 3. The molecule has 3 aromatic carbocycles. The Bertz CT molecular complexity index is 2070. The van der Waals surface area contributed by atoms with Crippen LogP contribution in [-0.4, -0.2) is 59.6 Å². The van der Waals surface area contributed by atoms with E-state index < -0.39 is 17.7 Å². The summed E-state index contributed by atoms with van der Waals surface area (Å²) < 4.78 is 25.7. The van der Waals surface area contributed by atoms with Crippen molar-refractivity contribution in [2.75, 3.05) is 38.3 Å². The number of fused-ring (bicyclic) bond motifs is 2. The van der Waals surface area contributed by atoms with Gasteiger partial charge in [0.05, 0.1) is 48.0 Å². The number of carbonyl (C=O) groups is 1. The van der Waals surface area contributed by atoms with E-state index in [4.69, 9.17) is 40.6 Å². The van der Waals surface area contributed by atoms with Gasteiger partial charge in [-0.05, 0) is 77.3 Å². The first-order valence-electron chi connectivity index (χ1n) is 17.3. The third kappa shape index (κ3) is 7.46. The van der Waals surface area contributed by atoms with Gasteiger partial charge in [0.25, 0.3) is 0 Å². The molecule has 2 aromatic heterocycles. The van der Waals surface area contributed by atoms with Crippen molar-refractivity contribution in [3.63, 3.8) is 0 Å². The number of hydrogen-bond acceptors (Lipinski definition) is 8. The molecule has 51 heavy (non-hydrogen) atoms. The van der Waals surface area contributed by atoms with E-state index in [1.165, 1.54) is 7.11 Å². The molecule has 0 fully saturated rings. The molecule has 0 spiro atoms. The molecule has 0 saturated heterocycles. The molecule has 1 aliphatic rings. The molecule has 1 aliphatic heterocycles. The molecule has 5 aromatic rings. The van der Waals surface area contributed by atoms with Crippen LogP contribution in [0.25, 0.3) is 39.3 Å². The standard InChI is InChI=1S/C41H45ClN4O5/c1-8-10-13-22-49-32-18-12-11-17-29(32)27-15-14-16-28(24-27)31-25-34-43-26(3)35(39(40(47)48-7)51-41(4,5)6)37(46(34)44-31)30-19-20-33-38(36(30)42)45(9-2)21-23-50-33/h8,11-12,14-20,24-25,39H,1,9-10,13,21-23H2,2-7H3/t39-/m0/s1. The lowest BCUT2D eigenvalue weighted by molar-refractivity contribution is -0.164. The number of hydrogen-bond donors (Lipinski definition) is 0. The summed E-state index contributed by atoms with van der Waals surface area (Å²) in [5.41, 5.74) is 6.66. The molecule has 10 heteroatoms. The van der Waals surface area contributed by atoms with Gasteiger partial charge in [-0.15, -0.1) is 6.58 Å². The van der Waals surface area contributed by atoms with Crippen molar-refractivity contribution < 1.29 is 23.7 Å². The number of para-hydroxylation sites is 1. The number of benzene rings is 3. The molecule has 0 amide bonds. The van der Waals surface area contributed by atoms with E-state index in [-0.39, 0.29) is 0 Å². The Labute approximate surface area is 304 Å². The number of carbonyl (C=O) groups excluding carboxylic acids is 1. The van der Waals surface area contributed by atoms with Gasteiger partial charge in [0.1, 0.15) is 18.1 Å². The maximum absolute atomic E-state index is 13.5. The van der Waals surface area contributed by atoms with E-state index in [9.17, 15) is 4.79 Å². The molecule has 9 nitrogen and oxygen atoms in total. The number of halogens is 1. The van der Waals surface area contributed by atoms with Gasteiger partial charge in [0.2, 0.25) is 0 Å². The van der Waals surface area contributed by atoms with E-state index in [0.717, 1.165) is 47.5 Å². The minimum Gasteiger partial charge on any atom is -0.493 e. The third-order valence-corrected chi connectivity index (χ3v) is 9.18. The highest BCUT2D eigenvalue weighted by molar-refractivity contribution is 6.36. The Hall–Kier alpha value is -4.86. The second-order valence-electron chi connectivity index (χ2n) is 13.5. The van der Waals surface area contributed by atoms with Crippen molar-refractivity contribution >= 4 is 28.9 Å². The highest BCUT2D eigenvalue weighted by Crippen LogP contribution is 2.47. The fourth-order valence-electron chi connectivity index (χ4n) is 6.45. The third-order valence-electron chi connectivity index (χ3n) is 8.80. The Morgan fingerprint density at radius 1 is 1.08 bits per heavy atom. The summed E-state index contributed by atoms with van der Waals surface area (Å²) in [7, 11) is 1.36. The fourth-order valence-corrected chi connectivity index (χ4v) is 6.82. The van der Waals surface area contributed by atoms with Gasteiger partial charge >= 0.3 is 5.97 Å².